The number of hydrogen-bond acceptors (Lipinski definition) is 2. The first-order valence-electron chi connectivity index (χ1n) is 6.38. The minimum atomic E-state index is 0.0259. The molecular formula is C17H18O2. The highest BCUT2D eigenvalue weighted by atomic mass is 16.5. The number of allylic oxidation sites excluding steroid dienone is 1. The van der Waals surface area contributed by atoms with Crippen LogP contribution in [0.3, 0.4) is 0 Å². The number of rotatable bonds is 4. The van der Waals surface area contributed by atoms with Gasteiger partial charge in [-0.3, -0.25) is 4.79 Å². The molecule has 0 atom stereocenters. The third kappa shape index (κ3) is 3.02. The van der Waals surface area contributed by atoms with E-state index in [4.69, 9.17) is 4.74 Å². The standard InChI is InChI=1S/C17H18O2/c1-12(2)10-11-19-17-15(13(3)18)9-8-14-6-4-5-7-16(14)17/h4-10H,11H2,1-3H3. The van der Waals surface area contributed by atoms with Crippen LogP contribution in [-0.2, 0) is 0 Å². The summed E-state index contributed by atoms with van der Waals surface area (Å²) < 4.78 is 5.83. The number of fused-ring (bicyclic) bond motifs is 1. The Hall–Kier alpha value is -2.09. The maximum atomic E-state index is 11.7. The number of carbonyl (C=O) groups excluding carboxylic acids is 1. The van der Waals surface area contributed by atoms with Crippen molar-refractivity contribution in [2.24, 2.45) is 0 Å². The van der Waals surface area contributed by atoms with Gasteiger partial charge in [0.2, 0.25) is 0 Å². The topological polar surface area (TPSA) is 26.3 Å². The Labute approximate surface area is 113 Å². The summed E-state index contributed by atoms with van der Waals surface area (Å²) in [5.41, 5.74) is 1.84. The number of Topliss-reactive ketones (excluding diaryl/α,β-unsaturated/α-hetero) is 1. The molecule has 0 bridgehead atoms. The molecule has 0 amide bonds. The zero-order valence-electron chi connectivity index (χ0n) is 11.6. The number of ketones is 1. The first-order chi connectivity index (χ1) is 9.09. The van der Waals surface area contributed by atoms with Crippen molar-refractivity contribution in [3.63, 3.8) is 0 Å². The Bertz CT molecular complexity index is 635. The van der Waals surface area contributed by atoms with E-state index in [2.05, 4.69) is 0 Å². The Morgan fingerprint density at radius 2 is 1.84 bits per heavy atom. The van der Waals surface area contributed by atoms with Crippen molar-refractivity contribution in [3.05, 3.63) is 53.6 Å². The van der Waals surface area contributed by atoms with Crippen molar-refractivity contribution in [1.29, 1.82) is 0 Å². The van der Waals surface area contributed by atoms with Gasteiger partial charge in [-0.2, -0.15) is 0 Å². The molecule has 0 aliphatic rings. The second kappa shape index (κ2) is 5.70. The van der Waals surface area contributed by atoms with Crippen molar-refractivity contribution < 1.29 is 9.53 Å². The summed E-state index contributed by atoms with van der Waals surface area (Å²) in [5.74, 6) is 0.709. The predicted molar refractivity (Wildman–Crippen MR) is 78.9 cm³/mol. The van der Waals surface area contributed by atoms with Gasteiger partial charge in [-0.1, -0.05) is 35.9 Å². The van der Waals surface area contributed by atoms with Crippen molar-refractivity contribution >= 4 is 16.6 Å². The van der Waals surface area contributed by atoms with Gasteiger partial charge in [-0.25, -0.2) is 0 Å². The molecule has 0 radical (unpaired) electrons. The Morgan fingerprint density at radius 3 is 2.53 bits per heavy atom. The molecule has 0 aliphatic carbocycles. The molecule has 2 heteroatoms. The van der Waals surface area contributed by atoms with E-state index in [9.17, 15) is 4.79 Å². The summed E-state index contributed by atoms with van der Waals surface area (Å²) in [6.45, 7) is 6.10. The van der Waals surface area contributed by atoms with E-state index in [-0.39, 0.29) is 5.78 Å². The zero-order valence-corrected chi connectivity index (χ0v) is 11.6. The lowest BCUT2D eigenvalue weighted by Crippen LogP contribution is -2.02. The van der Waals surface area contributed by atoms with E-state index < -0.39 is 0 Å². The Balaban J connectivity index is 2.49. The highest BCUT2D eigenvalue weighted by molar-refractivity contribution is 6.03. The predicted octanol–water partition coefficient (Wildman–Crippen LogP) is 4.39. The van der Waals surface area contributed by atoms with Crippen molar-refractivity contribution in [3.8, 4) is 5.75 Å². The van der Waals surface area contributed by atoms with Crippen LogP contribution < -0.4 is 4.74 Å². The fourth-order valence-corrected chi connectivity index (χ4v) is 1.97. The number of carbonyl (C=O) groups is 1. The molecule has 19 heavy (non-hydrogen) atoms. The molecule has 2 nitrogen and oxygen atoms in total. The van der Waals surface area contributed by atoms with Gasteiger partial charge >= 0.3 is 0 Å². The van der Waals surface area contributed by atoms with Gasteiger partial charge < -0.3 is 4.74 Å². The quantitative estimate of drug-likeness (QED) is 0.597. The molecule has 0 aromatic heterocycles. The molecule has 0 saturated carbocycles. The van der Waals surface area contributed by atoms with Gasteiger partial charge in [0.1, 0.15) is 12.4 Å². The minimum Gasteiger partial charge on any atom is -0.488 e. The summed E-state index contributed by atoms with van der Waals surface area (Å²) in [4.78, 5) is 11.7. The Kier molecular flexibility index (Phi) is 4.00. The van der Waals surface area contributed by atoms with Crippen LogP contribution in [0.1, 0.15) is 31.1 Å². The molecule has 2 aromatic carbocycles. The molecule has 0 unspecified atom stereocenters. The largest absolute Gasteiger partial charge is 0.488 e. The van der Waals surface area contributed by atoms with Crippen LogP contribution in [-0.4, -0.2) is 12.4 Å². The molecular weight excluding hydrogens is 236 g/mol. The molecule has 0 heterocycles. The number of benzene rings is 2. The SMILES string of the molecule is CC(=O)c1ccc2ccccc2c1OCC=C(C)C. The van der Waals surface area contributed by atoms with Crippen LogP contribution in [0.2, 0.25) is 0 Å². The van der Waals surface area contributed by atoms with E-state index in [1.54, 1.807) is 6.92 Å². The molecule has 98 valence electrons. The van der Waals surface area contributed by atoms with Crippen LogP contribution in [0.5, 0.6) is 5.75 Å². The third-order valence-electron chi connectivity index (χ3n) is 2.98. The fraction of sp³-hybridized carbons (Fsp3) is 0.235. The molecule has 0 aliphatic heterocycles. The minimum absolute atomic E-state index is 0.0259. The maximum absolute atomic E-state index is 11.7. The molecule has 0 fully saturated rings. The lowest BCUT2D eigenvalue weighted by atomic mass is 10.0. The second-order valence-corrected chi connectivity index (χ2v) is 4.81. The monoisotopic (exact) mass is 254 g/mol. The molecule has 0 saturated heterocycles. The first-order valence-corrected chi connectivity index (χ1v) is 6.38. The van der Waals surface area contributed by atoms with Crippen LogP contribution in [0.25, 0.3) is 10.8 Å². The van der Waals surface area contributed by atoms with Gasteiger partial charge in [0.25, 0.3) is 0 Å². The van der Waals surface area contributed by atoms with Gasteiger partial charge in [0.15, 0.2) is 5.78 Å². The van der Waals surface area contributed by atoms with Crippen molar-refractivity contribution in [1.82, 2.24) is 0 Å². The van der Waals surface area contributed by atoms with E-state index >= 15 is 0 Å². The lowest BCUT2D eigenvalue weighted by Gasteiger charge is -2.12. The fourth-order valence-electron chi connectivity index (χ4n) is 1.97. The smallest absolute Gasteiger partial charge is 0.163 e. The van der Waals surface area contributed by atoms with Crippen molar-refractivity contribution in [2.45, 2.75) is 20.8 Å². The highest BCUT2D eigenvalue weighted by Gasteiger charge is 2.11. The normalized spacial score (nSPS) is 10.3. The molecule has 0 N–H and O–H groups in total. The Morgan fingerprint density at radius 1 is 1.11 bits per heavy atom. The van der Waals surface area contributed by atoms with E-state index in [1.807, 2.05) is 56.3 Å². The van der Waals surface area contributed by atoms with Gasteiger partial charge in [0, 0.05) is 5.39 Å². The average molecular weight is 254 g/mol. The molecule has 0 spiro atoms. The summed E-state index contributed by atoms with van der Waals surface area (Å²) in [5, 5.41) is 2.07. The van der Waals surface area contributed by atoms with E-state index in [0.29, 0.717) is 17.9 Å². The lowest BCUT2D eigenvalue weighted by molar-refractivity contribution is 0.101. The van der Waals surface area contributed by atoms with Gasteiger partial charge in [-0.05, 0) is 38.3 Å². The highest BCUT2D eigenvalue weighted by Crippen LogP contribution is 2.30. The van der Waals surface area contributed by atoms with E-state index in [0.717, 1.165) is 10.8 Å². The summed E-state index contributed by atoms with van der Waals surface area (Å²) in [7, 11) is 0. The zero-order chi connectivity index (χ0) is 13.8. The third-order valence-corrected chi connectivity index (χ3v) is 2.98. The van der Waals surface area contributed by atoms with Gasteiger partial charge in [0.05, 0.1) is 5.56 Å². The summed E-state index contributed by atoms with van der Waals surface area (Å²) in [6.07, 6.45) is 2.01. The van der Waals surface area contributed by atoms with Gasteiger partial charge in [-0.15, -0.1) is 0 Å². The maximum Gasteiger partial charge on any atom is 0.163 e. The van der Waals surface area contributed by atoms with Crippen LogP contribution in [0, 0.1) is 0 Å². The number of hydrogen-bond donors (Lipinski definition) is 0. The average Bonchev–Trinajstić information content (AvgIpc) is 2.38. The molecule has 2 rings (SSSR count). The van der Waals surface area contributed by atoms with E-state index in [1.165, 1.54) is 5.57 Å². The van der Waals surface area contributed by atoms with Crippen LogP contribution >= 0.6 is 0 Å². The molecule has 2 aromatic rings. The summed E-state index contributed by atoms with van der Waals surface area (Å²) in [6, 6.07) is 11.7. The van der Waals surface area contributed by atoms with Crippen LogP contribution in [0.15, 0.2) is 48.0 Å². The summed E-state index contributed by atoms with van der Waals surface area (Å²) >= 11 is 0. The second-order valence-electron chi connectivity index (χ2n) is 4.81. The number of ether oxygens (including phenoxy) is 1. The van der Waals surface area contributed by atoms with Crippen LogP contribution in [0.4, 0.5) is 0 Å². The van der Waals surface area contributed by atoms with Crippen molar-refractivity contribution in [2.75, 3.05) is 6.61 Å². The first kappa shape index (κ1) is 13.3.